The van der Waals surface area contributed by atoms with Gasteiger partial charge in [-0.2, -0.15) is 0 Å². The van der Waals surface area contributed by atoms with E-state index in [0.29, 0.717) is 25.0 Å². The van der Waals surface area contributed by atoms with Crippen LogP contribution in [0.4, 0.5) is 8.78 Å². The minimum Gasteiger partial charge on any atom is -0.294 e. The molecule has 5 heteroatoms. The fourth-order valence-corrected chi connectivity index (χ4v) is 2.02. The van der Waals surface area contributed by atoms with E-state index >= 15 is 0 Å². The fraction of sp³-hybridized carbons (Fsp3) is 0.400. The Morgan fingerprint density at radius 3 is 2.80 bits per heavy atom. The van der Waals surface area contributed by atoms with Crippen LogP contribution in [0.25, 0.3) is 0 Å². The second-order valence-corrected chi connectivity index (χ2v) is 3.82. The van der Waals surface area contributed by atoms with Gasteiger partial charge in [0.25, 0.3) is 6.43 Å². The highest BCUT2D eigenvalue weighted by atomic mass is 35.5. The molecular weight excluding hydrogens is 224 g/mol. The van der Waals surface area contributed by atoms with Gasteiger partial charge in [-0.3, -0.25) is 4.79 Å². The average Bonchev–Trinajstić information content (AvgIpc) is 2.16. The summed E-state index contributed by atoms with van der Waals surface area (Å²) < 4.78 is 25.3. The highest BCUT2D eigenvalue weighted by Gasteiger charge is 2.26. The van der Waals surface area contributed by atoms with Crippen LogP contribution in [-0.2, 0) is 6.42 Å². The largest absolute Gasteiger partial charge is 0.294 e. The third-order valence-electron chi connectivity index (χ3n) is 2.42. The van der Waals surface area contributed by atoms with Crippen LogP contribution in [0.1, 0.15) is 40.9 Å². The molecule has 0 N–H and O–H groups in total. The third-order valence-corrected chi connectivity index (χ3v) is 2.62. The Bertz CT molecular complexity index is 420. The van der Waals surface area contributed by atoms with Crippen LogP contribution in [0, 0.1) is 0 Å². The molecule has 0 saturated heterocycles. The lowest BCUT2D eigenvalue weighted by molar-refractivity contribution is 0.0956. The van der Waals surface area contributed by atoms with E-state index in [-0.39, 0.29) is 22.1 Å². The normalized spacial score (nSPS) is 15.6. The van der Waals surface area contributed by atoms with E-state index in [9.17, 15) is 13.6 Å². The third kappa shape index (κ3) is 1.86. The van der Waals surface area contributed by atoms with Crippen molar-refractivity contribution in [2.45, 2.75) is 25.7 Å². The smallest absolute Gasteiger partial charge is 0.264 e. The average molecular weight is 232 g/mol. The van der Waals surface area contributed by atoms with Crippen molar-refractivity contribution in [3.05, 3.63) is 28.0 Å². The van der Waals surface area contributed by atoms with Crippen LogP contribution in [0.5, 0.6) is 0 Å². The number of fused-ring (bicyclic) bond motifs is 1. The number of alkyl halides is 2. The molecule has 0 bridgehead atoms. The summed E-state index contributed by atoms with van der Waals surface area (Å²) >= 11 is 5.62. The first-order valence-electron chi connectivity index (χ1n) is 4.60. The zero-order chi connectivity index (χ0) is 11.0. The quantitative estimate of drug-likeness (QED) is 0.695. The lowest BCUT2D eigenvalue weighted by atomic mass is 9.91. The van der Waals surface area contributed by atoms with Gasteiger partial charge in [0.1, 0.15) is 5.15 Å². The van der Waals surface area contributed by atoms with Crippen molar-refractivity contribution in [1.82, 2.24) is 4.98 Å². The SMILES string of the molecule is O=C1CCCc2nc(Cl)cc(C(F)F)c21. The van der Waals surface area contributed by atoms with Crippen molar-refractivity contribution in [2.75, 3.05) is 0 Å². The summed E-state index contributed by atoms with van der Waals surface area (Å²) in [6.45, 7) is 0. The van der Waals surface area contributed by atoms with Crippen LogP contribution < -0.4 is 0 Å². The van der Waals surface area contributed by atoms with E-state index in [4.69, 9.17) is 11.6 Å². The summed E-state index contributed by atoms with van der Waals surface area (Å²) in [7, 11) is 0. The van der Waals surface area contributed by atoms with Gasteiger partial charge in [0.05, 0.1) is 5.69 Å². The first-order valence-corrected chi connectivity index (χ1v) is 4.98. The number of carbonyl (C=O) groups excluding carboxylic acids is 1. The van der Waals surface area contributed by atoms with E-state index in [1.807, 2.05) is 0 Å². The minimum absolute atomic E-state index is 0.0266. The number of hydrogen-bond donors (Lipinski definition) is 0. The van der Waals surface area contributed by atoms with Crippen molar-refractivity contribution in [3.63, 3.8) is 0 Å². The first-order chi connectivity index (χ1) is 7.09. The molecular formula is C10H8ClF2NO. The molecule has 2 rings (SSSR count). The van der Waals surface area contributed by atoms with Crippen LogP contribution in [0.2, 0.25) is 5.15 Å². The number of Topliss-reactive ketones (excluding diaryl/α,β-unsaturated/α-hetero) is 1. The highest BCUT2D eigenvalue weighted by Crippen LogP contribution is 2.31. The number of halogens is 3. The molecule has 1 aromatic heterocycles. The van der Waals surface area contributed by atoms with Crippen LogP contribution in [0.3, 0.4) is 0 Å². The molecule has 15 heavy (non-hydrogen) atoms. The predicted molar refractivity (Wildman–Crippen MR) is 51.5 cm³/mol. The summed E-state index contributed by atoms with van der Waals surface area (Å²) in [5.41, 5.74) is 0.212. The Hall–Kier alpha value is -1.03. The van der Waals surface area contributed by atoms with Gasteiger partial charge < -0.3 is 0 Å². The number of aryl methyl sites for hydroxylation is 1. The Balaban J connectivity index is 2.63. The molecule has 80 valence electrons. The molecule has 0 aliphatic heterocycles. The summed E-state index contributed by atoms with van der Waals surface area (Å²) in [6.07, 6.45) is -1.17. The summed E-state index contributed by atoms with van der Waals surface area (Å²) in [6, 6.07) is 1.08. The van der Waals surface area contributed by atoms with Gasteiger partial charge in [-0.05, 0) is 18.9 Å². The van der Waals surface area contributed by atoms with Crippen LogP contribution in [0.15, 0.2) is 6.07 Å². The Kier molecular flexibility index (Phi) is 2.69. The second-order valence-electron chi connectivity index (χ2n) is 3.43. The molecule has 0 amide bonds. The van der Waals surface area contributed by atoms with E-state index in [1.54, 1.807) is 0 Å². The van der Waals surface area contributed by atoms with Crippen molar-refractivity contribution in [1.29, 1.82) is 0 Å². The van der Waals surface area contributed by atoms with E-state index < -0.39 is 6.43 Å². The van der Waals surface area contributed by atoms with Gasteiger partial charge >= 0.3 is 0 Å². The molecule has 0 spiro atoms. The van der Waals surface area contributed by atoms with Gasteiger partial charge in [-0.15, -0.1) is 0 Å². The molecule has 0 unspecified atom stereocenters. The fourth-order valence-electron chi connectivity index (χ4n) is 1.80. The number of nitrogens with zero attached hydrogens (tertiary/aromatic N) is 1. The molecule has 2 nitrogen and oxygen atoms in total. The first kappa shape index (κ1) is 10.5. The van der Waals surface area contributed by atoms with Crippen LogP contribution >= 0.6 is 11.6 Å². The van der Waals surface area contributed by atoms with Crippen LogP contribution in [-0.4, -0.2) is 10.8 Å². The Morgan fingerprint density at radius 1 is 1.40 bits per heavy atom. The van der Waals surface area contributed by atoms with Gasteiger partial charge in [0.2, 0.25) is 0 Å². The van der Waals surface area contributed by atoms with E-state index in [2.05, 4.69) is 4.98 Å². The molecule has 0 radical (unpaired) electrons. The minimum atomic E-state index is -2.68. The summed E-state index contributed by atoms with van der Waals surface area (Å²) in [4.78, 5) is 15.4. The Morgan fingerprint density at radius 2 is 2.13 bits per heavy atom. The second kappa shape index (κ2) is 3.85. The molecule has 0 atom stereocenters. The number of ketones is 1. The van der Waals surface area contributed by atoms with E-state index in [0.717, 1.165) is 6.07 Å². The van der Waals surface area contributed by atoms with Gasteiger partial charge in [-0.1, -0.05) is 11.6 Å². The van der Waals surface area contributed by atoms with E-state index in [1.165, 1.54) is 0 Å². The standard InChI is InChI=1S/C10H8ClF2NO/c11-8-4-5(10(12)13)9-6(14-8)2-1-3-7(9)15/h4,10H,1-3H2. The zero-order valence-corrected chi connectivity index (χ0v) is 8.52. The van der Waals surface area contributed by atoms with Crippen molar-refractivity contribution < 1.29 is 13.6 Å². The molecule has 1 aliphatic carbocycles. The number of carbonyl (C=O) groups is 1. The van der Waals surface area contributed by atoms with Crippen molar-refractivity contribution in [3.8, 4) is 0 Å². The summed E-state index contributed by atoms with van der Waals surface area (Å²) in [5.74, 6) is -0.254. The van der Waals surface area contributed by atoms with Crippen molar-refractivity contribution >= 4 is 17.4 Å². The molecule has 0 fully saturated rings. The molecule has 1 aliphatic rings. The lowest BCUT2D eigenvalue weighted by Gasteiger charge is -2.17. The predicted octanol–water partition coefficient (Wildman–Crippen LogP) is 3.19. The molecule has 0 aromatic carbocycles. The molecule has 1 heterocycles. The maximum absolute atomic E-state index is 12.7. The van der Waals surface area contributed by atoms with Gasteiger partial charge in [-0.25, -0.2) is 13.8 Å². The Labute approximate surface area is 90.3 Å². The van der Waals surface area contributed by atoms with Gasteiger partial charge in [0.15, 0.2) is 5.78 Å². The molecule has 0 saturated carbocycles. The highest BCUT2D eigenvalue weighted by molar-refractivity contribution is 6.29. The number of aromatic nitrogens is 1. The topological polar surface area (TPSA) is 30.0 Å². The number of hydrogen-bond acceptors (Lipinski definition) is 2. The maximum atomic E-state index is 12.7. The number of pyridine rings is 1. The van der Waals surface area contributed by atoms with Gasteiger partial charge in [0, 0.05) is 17.5 Å². The molecule has 1 aromatic rings. The van der Waals surface area contributed by atoms with Crippen molar-refractivity contribution in [2.24, 2.45) is 0 Å². The zero-order valence-electron chi connectivity index (χ0n) is 7.77. The summed E-state index contributed by atoms with van der Waals surface area (Å²) in [5, 5.41) is 0.0266. The number of rotatable bonds is 1. The maximum Gasteiger partial charge on any atom is 0.264 e. The monoisotopic (exact) mass is 231 g/mol. The lowest BCUT2D eigenvalue weighted by Crippen LogP contribution is -2.16.